The summed E-state index contributed by atoms with van der Waals surface area (Å²) in [6.45, 7) is 8.00. The summed E-state index contributed by atoms with van der Waals surface area (Å²) in [6.07, 6.45) is 0. The third-order valence-electron chi connectivity index (χ3n) is 4.05. The van der Waals surface area contributed by atoms with Crippen molar-refractivity contribution in [3.63, 3.8) is 0 Å². The van der Waals surface area contributed by atoms with Crippen LogP contribution in [0.2, 0.25) is 5.02 Å². The van der Waals surface area contributed by atoms with Crippen molar-refractivity contribution >= 4 is 23.6 Å². The Bertz CT molecular complexity index is 761. The minimum Gasteiger partial charge on any atom is -0.493 e. The smallest absolute Gasteiger partial charge is 0.338 e. The number of carbonyl (C=O) groups excluding carboxylic acids is 2. The van der Waals surface area contributed by atoms with E-state index in [4.69, 9.17) is 25.8 Å². The van der Waals surface area contributed by atoms with Gasteiger partial charge in [0.15, 0.2) is 11.5 Å². The first-order valence-electron chi connectivity index (χ1n) is 8.82. The summed E-state index contributed by atoms with van der Waals surface area (Å²) < 4.78 is 16.1. The number of carbonyl (C=O) groups is 2. The Morgan fingerprint density at radius 2 is 1.96 bits per heavy atom. The Hall–Kier alpha value is -2.41. The highest BCUT2D eigenvalue weighted by atomic mass is 35.5. The lowest BCUT2D eigenvalue weighted by atomic mass is 9.91. The Labute approximate surface area is 164 Å². The van der Waals surface area contributed by atoms with Crippen molar-refractivity contribution in [1.82, 2.24) is 10.6 Å². The fraction of sp³-hybridized carbons (Fsp3) is 0.474. The van der Waals surface area contributed by atoms with E-state index in [2.05, 4.69) is 10.6 Å². The van der Waals surface area contributed by atoms with Gasteiger partial charge in [0.25, 0.3) is 0 Å². The molecule has 1 aliphatic rings. The quantitative estimate of drug-likeness (QED) is 0.688. The molecule has 1 heterocycles. The van der Waals surface area contributed by atoms with E-state index in [1.165, 1.54) is 7.11 Å². The fourth-order valence-electron chi connectivity index (χ4n) is 2.92. The van der Waals surface area contributed by atoms with Crippen molar-refractivity contribution in [3.8, 4) is 11.5 Å². The van der Waals surface area contributed by atoms with Crippen LogP contribution >= 0.6 is 11.6 Å². The monoisotopic (exact) mass is 396 g/mol. The molecule has 0 saturated carbocycles. The third-order valence-corrected chi connectivity index (χ3v) is 4.33. The van der Waals surface area contributed by atoms with Crippen LogP contribution < -0.4 is 20.1 Å². The minimum atomic E-state index is -0.725. The molecule has 2 rings (SSSR count). The van der Waals surface area contributed by atoms with Crippen molar-refractivity contribution in [2.75, 3.05) is 20.3 Å². The van der Waals surface area contributed by atoms with E-state index in [0.717, 1.165) is 0 Å². The topological polar surface area (TPSA) is 85.9 Å². The summed E-state index contributed by atoms with van der Waals surface area (Å²) in [5.74, 6) is 0.249. The highest BCUT2D eigenvalue weighted by Gasteiger charge is 2.35. The number of hydrogen-bond donors (Lipinski definition) is 2. The Kier molecular flexibility index (Phi) is 6.96. The normalized spacial score (nSPS) is 16.7. The van der Waals surface area contributed by atoms with Gasteiger partial charge in [-0.05, 0) is 37.5 Å². The minimum absolute atomic E-state index is 0.0852. The van der Waals surface area contributed by atoms with Crippen LogP contribution in [0.4, 0.5) is 4.79 Å². The number of esters is 1. The highest BCUT2D eigenvalue weighted by molar-refractivity contribution is 6.32. The standard InChI is InChI=1S/C19H25ClN2O5/c1-6-26-17-12(20)8-11(9-13(17)25-5)16-14(18(23)27-7-2)15(10(3)4)21-19(24)22-16/h8-10,16H,6-7H2,1-5H3,(H2,21,22,24). The molecule has 27 heavy (non-hydrogen) atoms. The zero-order valence-corrected chi connectivity index (χ0v) is 16.9. The van der Waals surface area contributed by atoms with Gasteiger partial charge in [0.1, 0.15) is 0 Å². The fourth-order valence-corrected chi connectivity index (χ4v) is 3.19. The Morgan fingerprint density at radius 3 is 2.52 bits per heavy atom. The van der Waals surface area contributed by atoms with Gasteiger partial charge in [-0.15, -0.1) is 0 Å². The van der Waals surface area contributed by atoms with Crippen LogP contribution in [-0.4, -0.2) is 32.3 Å². The second-order valence-electron chi connectivity index (χ2n) is 6.20. The number of urea groups is 1. The van der Waals surface area contributed by atoms with Crippen LogP contribution in [0.1, 0.15) is 39.3 Å². The molecule has 1 aromatic carbocycles. The van der Waals surface area contributed by atoms with Crippen molar-refractivity contribution < 1.29 is 23.8 Å². The first kappa shape index (κ1) is 20.9. The van der Waals surface area contributed by atoms with E-state index < -0.39 is 18.0 Å². The maximum Gasteiger partial charge on any atom is 0.338 e. The largest absolute Gasteiger partial charge is 0.493 e. The lowest BCUT2D eigenvalue weighted by Crippen LogP contribution is -2.47. The maximum atomic E-state index is 12.7. The first-order valence-corrected chi connectivity index (χ1v) is 9.20. The number of nitrogens with one attached hydrogen (secondary N) is 2. The summed E-state index contributed by atoms with van der Waals surface area (Å²) in [6, 6.07) is 2.23. The number of rotatable bonds is 7. The van der Waals surface area contributed by atoms with Crippen molar-refractivity contribution in [2.45, 2.75) is 33.7 Å². The van der Waals surface area contributed by atoms with Crippen LogP contribution in [-0.2, 0) is 9.53 Å². The van der Waals surface area contributed by atoms with E-state index in [1.807, 2.05) is 20.8 Å². The number of methoxy groups -OCH3 is 1. The van der Waals surface area contributed by atoms with Crippen molar-refractivity contribution in [2.24, 2.45) is 5.92 Å². The molecule has 0 spiro atoms. The molecule has 8 heteroatoms. The predicted octanol–water partition coefficient (Wildman–Crippen LogP) is 3.57. The van der Waals surface area contributed by atoms with Crippen molar-refractivity contribution in [1.29, 1.82) is 0 Å². The molecular weight excluding hydrogens is 372 g/mol. The van der Waals surface area contributed by atoms with Crippen LogP contribution in [0.5, 0.6) is 11.5 Å². The molecule has 1 unspecified atom stereocenters. The van der Waals surface area contributed by atoms with E-state index in [-0.39, 0.29) is 12.5 Å². The van der Waals surface area contributed by atoms with Crippen LogP contribution in [0.15, 0.2) is 23.4 Å². The van der Waals surface area contributed by atoms with Crippen LogP contribution in [0.25, 0.3) is 0 Å². The number of ether oxygens (including phenoxy) is 3. The second kappa shape index (κ2) is 8.99. The molecule has 2 N–H and O–H groups in total. The average Bonchev–Trinajstić information content (AvgIpc) is 2.62. The lowest BCUT2D eigenvalue weighted by Gasteiger charge is -2.31. The van der Waals surface area contributed by atoms with Crippen molar-refractivity contribution in [3.05, 3.63) is 34.0 Å². The molecule has 7 nitrogen and oxygen atoms in total. The van der Waals surface area contributed by atoms with Gasteiger partial charge in [-0.25, -0.2) is 9.59 Å². The van der Waals surface area contributed by atoms with Crippen LogP contribution in [0.3, 0.4) is 0 Å². The van der Waals surface area contributed by atoms with Gasteiger partial charge in [0, 0.05) is 5.70 Å². The van der Waals surface area contributed by atoms with Gasteiger partial charge in [-0.2, -0.15) is 0 Å². The zero-order chi connectivity index (χ0) is 20.1. The molecule has 0 aliphatic carbocycles. The van der Waals surface area contributed by atoms with E-state index >= 15 is 0 Å². The van der Waals surface area contributed by atoms with Gasteiger partial charge in [0.2, 0.25) is 0 Å². The van der Waals surface area contributed by atoms with Gasteiger partial charge in [0.05, 0.1) is 37.0 Å². The summed E-state index contributed by atoms with van der Waals surface area (Å²) in [5, 5.41) is 5.82. The number of allylic oxidation sites excluding steroid dienone is 1. The van der Waals surface area contributed by atoms with E-state index in [1.54, 1.807) is 19.1 Å². The molecule has 2 amide bonds. The number of amides is 2. The SMILES string of the molecule is CCOC(=O)C1=C(C(C)C)NC(=O)NC1c1cc(Cl)c(OCC)c(OC)c1. The summed E-state index contributed by atoms with van der Waals surface area (Å²) in [7, 11) is 1.50. The molecule has 1 aromatic rings. The predicted molar refractivity (Wildman–Crippen MR) is 102 cm³/mol. The summed E-state index contributed by atoms with van der Waals surface area (Å²) in [4.78, 5) is 24.9. The summed E-state index contributed by atoms with van der Waals surface area (Å²) in [5.41, 5.74) is 1.45. The summed E-state index contributed by atoms with van der Waals surface area (Å²) >= 11 is 6.37. The van der Waals surface area contributed by atoms with Gasteiger partial charge < -0.3 is 24.8 Å². The number of benzene rings is 1. The number of hydrogen-bond acceptors (Lipinski definition) is 5. The van der Waals surface area contributed by atoms with E-state index in [0.29, 0.717) is 40.0 Å². The lowest BCUT2D eigenvalue weighted by molar-refractivity contribution is -0.139. The molecule has 0 fully saturated rings. The zero-order valence-electron chi connectivity index (χ0n) is 16.1. The molecule has 0 saturated heterocycles. The maximum absolute atomic E-state index is 12.7. The number of halogens is 1. The molecule has 0 aromatic heterocycles. The highest BCUT2D eigenvalue weighted by Crippen LogP contribution is 2.40. The molecule has 1 aliphatic heterocycles. The van der Waals surface area contributed by atoms with Gasteiger partial charge in [-0.3, -0.25) is 0 Å². The van der Waals surface area contributed by atoms with E-state index in [9.17, 15) is 9.59 Å². The first-order chi connectivity index (χ1) is 12.8. The molecular formula is C19H25ClN2O5. The second-order valence-corrected chi connectivity index (χ2v) is 6.61. The molecule has 148 valence electrons. The third kappa shape index (κ3) is 4.47. The average molecular weight is 397 g/mol. The van der Waals surface area contributed by atoms with Gasteiger partial charge in [-0.1, -0.05) is 25.4 Å². The molecule has 0 radical (unpaired) electrons. The van der Waals surface area contributed by atoms with Gasteiger partial charge >= 0.3 is 12.0 Å². The Morgan fingerprint density at radius 1 is 1.26 bits per heavy atom. The molecule has 0 bridgehead atoms. The van der Waals surface area contributed by atoms with Crippen LogP contribution in [0, 0.1) is 5.92 Å². The Balaban J connectivity index is 2.62. The molecule has 1 atom stereocenters.